The molecular formula is C29H29P. The van der Waals surface area contributed by atoms with Gasteiger partial charge in [-0.3, -0.25) is 0 Å². The van der Waals surface area contributed by atoms with Crippen LogP contribution in [-0.2, 0) is 10.3 Å². The minimum atomic E-state index is -0.526. The summed E-state index contributed by atoms with van der Waals surface area (Å²) in [5.41, 5.74) is 7.17. The van der Waals surface area contributed by atoms with E-state index in [1.807, 2.05) is 0 Å². The lowest BCUT2D eigenvalue weighted by molar-refractivity contribution is 0.676. The summed E-state index contributed by atoms with van der Waals surface area (Å²) in [5, 5.41) is 4.52. The number of benzene rings is 4. The van der Waals surface area contributed by atoms with Crippen LogP contribution in [0, 0.1) is 6.92 Å². The van der Waals surface area contributed by atoms with E-state index in [-0.39, 0.29) is 10.3 Å². The number of aryl methyl sites for hydroxylation is 1. The molecule has 30 heavy (non-hydrogen) atoms. The summed E-state index contributed by atoms with van der Waals surface area (Å²) in [5.74, 6) is 0. The quantitative estimate of drug-likeness (QED) is 0.294. The molecule has 0 fully saturated rings. The molecule has 0 amide bonds. The molecule has 1 unspecified atom stereocenters. The molecule has 1 aliphatic rings. The zero-order chi connectivity index (χ0) is 21.1. The maximum Gasteiger partial charge on any atom is 0.0155 e. The Hall–Kier alpha value is -2.43. The zero-order valence-corrected chi connectivity index (χ0v) is 19.4. The van der Waals surface area contributed by atoms with Crippen molar-refractivity contribution in [1.82, 2.24) is 0 Å². The molecule has 0 spiro atoms. The largest absolute Gasteiger partial charge is 0.0622 e. The van der Waals surface area contributed by atoms with E-state index in [4.69, 9.17) is 0 Å². The lowest BCUT2D eigenvalue weighted by Crippen LogP contribution is -2.37. The molecule has 4 aromatic carbocycles. The highest BCUT2D eigenvalue weighted by Crippen LogP contribution is 2.72. The van der Waals surface area contributed by atoms with Gasteiger partial charge in [-0.1, -0.05) is 121 Å². The SMILES string of the molecule is Cc1ccc2cccc3c2c1C(C)(C)P(c1ccccc1-c1ccccc1)C3(C)C. The van der Waals surface area contributed by atoms with Crippen molar-refractivity contribution < 1.29 is 0 Å². The Bertz CT molecular complexity index is 1250. The second-order valence-electron chi connectivity index (χ2n) is 9.50. The number of hydrogen-bond donors (Lipinski definition) is 0. The minimum Gasteiger partial charge on any atom is -0.0622 e. The summed E-state index contributed by atoms with van der Waals surface area (Å²) in [6.07, 6.45) is 0. The summed E-state index contributed by atoms with van der Waals surface area (Å²) >= 11 is 0. The summed E-state index contributed by atoms with van der Waals surface area (Å²) < 4.78 is 0. The fourth-order valence-corrected chi connectivity index (χ4v) is 10.1. The van der Waals surface area contributed by atoms with Gasteiger partial charge in [-0.15, -0.1) is 0 Å². The van der Waals surface area contributed by atoms with Gasteiger partial charge < -0.3 is 0 Å². The predicted molar refractivity (Wildman–Crippen MR) is 133 cm³/mol. The zero-order valence-electron chi connectivity index (χ0n) is 18.5. The first-order valence-electron chi connectivity index (χ1n) is 10.8. The molecule has 0 saturated heterocycles. The average molecular weight is 409 g/mol. The molecule has 150 valence electrons. The van der Waals surface area contributed by atoms with Crippen molar-refractivity contribution in [1.29, 1.82) is 0 Å². The molecule has 0 saturated carbocycles. The number of hydrogen-bond acceptors (Lipinski definition) is 0. The van der Waals surface area contributed by atoms with E-state index in [0.29, 0.717) is 0 Å². The van der Waals surface area contributed by atoms with E-state index in [1.54, 1.807) is 5.56 Å². The van der Waals surface area contributed by atoms with Gasteiger partial charge in [-0.25, -0.2) is 0 Å². The molecule has 0 aromatic heterocycles. The van der Waals surface area contributed by atoms with Crippen LogP contribution < -0.4 is 5.30 Å². The van der Waals surface area contributed by atoms with Gasteiger partial charge in [0.2, 0.25) is 0 Å². The van der Waals surface area contributed by atoms with Crippen LogP contribution in [0.1, 0.15) is 44.4 Å². The van der Waals surface area contributed by atoms with Crippen LogP contribution in [0.25, 0.3) is 21.9 Å². The van der Waals surface area contributed by atoms with E-state index in [0.717, 1.165) is 0 Å². The molecule has 0 nitrogen and oxygen atoms in total. The van der Waals surface area contributed by atoms with Crippen LogP contribution in [0.5, 0.6) is 0 Å². The smallest absolute Gasteiger partial charge is 0.0155 e. The van der Waals surface area contributed by atoms with Crippen molar-refractivity contribution >= 4 is 24.0 Å². The highest BCUT2D eigenvalue weighted by atomic mass is 31.1. The second-order valence-corrected chi connectivity index (χ2v) is 12.9. The monoisotopic (exact) mass is 408 g/mol. The van der Waals surface area contributed by atoms with Crippen molar-refractivity contribution in [3.8, 4) is 11.1 Å². The van der Waals surface area contributed by atoms with Crippen LogP contribution in [0.15, 0.2) is 84.9 Å². The molecule has 1 aliphatic heterocycles. The van der Waals surface area contributed by atoms with Gasteiger partial charge in [0, 0.05) is 10.3 Å². The van der Waals surface area contributed by atoms with Gasteiger partial charge in [0.25, 0.3) is 0 Å². The third-order valence-corrected chi connectivity index (χ3v) is 10.4. The number of rotatable bonds is 2. The van der Waals surface area contributed by atoms with Gasteiger partial charge >= 0.3 is 0 Å². The molecule has 0 N–H and O–H groups in total. The van der Waals surface area contributed by atoms with Gasteiger partial charge in [0.15, 0.2) is 0 Å². The van der Waals surface area contributed by atoms with E-state index < -0.39 is 7.92 Å². The normalized spacial score (nSPS) is 19.0. The molecule has 0 aliphatic carbocycles. The molecular weight excluding hydrogens is 379 g/mol. The third-order valence-electron chi connectivity index (χ3n) is 6.87. The van der Waals surface area contributed by atoms with E-state index in [2.05, 4.69) is 120 Å². The summed E-state index contributed by atoms with van der Waals surface area (Å²) in [4.78, 5) is 0. The lowest BCUT2D eigenvalue weighted by Gasteiger charge is -2.52. The van der Waals surface area contributed by atoms with Gasteiger partial charge in [-0.05, 0) is 50.8 Å². The third kappa shape index (κ3) is 2.70. The summed E-state index contributed by atoms with van der Waals surface area (Å²) in [6, 6.07) is 31.5. The van der Waals surface area contributed by atoms with Crippen LogP contribution in [0.3, 0.4) is 0 Å². The van der Waals surface area contributed by atoms with Crippen molar-refractivity contribution in [3.05, 3.63) is 102 Å². The predicted octanol–water partition coefficient (Wildman–Crippen LogP) is 8.11. The Morgan fingerprint density at radius 1 is 0.633 bits per heavy atom. The van der Waals surface area contributed by atoms with Crippen LogP contribution in [0.2, 0.25) is 0 Å². The highest BCUT2D eigenvalue weighted by Gasteiger charge is 2.49. The maximum absolute atomic E-state index is 2.49. The van der Waals surface area contributed by atoms with Crippen molar-refractivity contribution in [2.45, 2.75) is 44.9 Å². The molecule has 1 heterocycles. The lowest BCUT2D eigenvalue weighted by atomic mass is 9.84. The Labute approximate surface area is 181 Å². The summed E-state index contributed by atoms with van der Waals surface area (Å²) in [7, 11) is -0.526. The fourth-order valence-electron chi connectivity index (χ4n) is 5.85. The fraction of sp³-hybridized carbons (Fsp3) is 0.241. The van der Waals surface area contributed by atoms with E-state index in [9.17, 15) is 0 Å². The van der Waals surface area contributed by atoms with E-state index in [1.165, 1.54) is 38.3 Å². The first kappa shape index (κ1) is 19.5. The molecule has 1 heteroatoms. The Balaban J connectivity index is 1.85. The maximum atomic E-state index is 2.49. The first-order valence-corrected chi connectivity index (χ1v) is 12.2. The summed E-state index contributed by atoms with van der Waals surface area (Å²) in [6.45, 7) is 12.2. The molecule has 0 bridgehead atoms. The molecule has 1 atom stereocenters. The minimum absolute atomic E-state index is 0.0711. The van der Waals surface area contributed by atoms with Crippen LogP contribution >= 0.6 is 7.92 Å². The Morgan fingerprint density at radius 2 is 1.33 bits per heavy atom. The standard InChI is InChI=1S/C29H29P/c1-20-18-19-22-14-11-16-24-26(22)27(20)29(4,5)30(28(24,2)3)25-17-10-9-15-23(25)21-12-7-6-8-13-21/h6-19H,1-5H3. The Kier molecular flexibility index (Phi) is 4.42. The van der Waals surface area contributed by atoms with Crippen LogP contribution in [-0.4, -0.2) is 0 Å². The van der Waals surface area contributed by atoms with Crippen molar-refractivity contribution in [2.75, 3.05) is 0 Å². The van der Waals surface area contributed by atoms with E-state index >= 15 is 0 Å². The molecule has 5 rings (SSSR count). The van der Waals surface area contributed by atoms with Crippen molar-refractivity contribution in [3.63, 3.8) is 0 Å². The topological polar surface area (TPSA) is 0 Å². The molecule has 0 radical (unpaired) electrons. The van der Waals surface area contributed by atoms with Gasteiger partial charge in [0.1, 0.15) is 0 Å². The van der Waals surface area contributed by atoms with Gasteiger partial charge in [-0.2, -0.15) is 0 Å². The molecule has 4 aromatic rings. The van der Waals surface area contributed by atoms with Crippen LogP contribution in [0.4, 0.5) is 0 Å². The van der Waals surface area contributed by atoms with Gasteiger partial charge in [0.05, 0.1) is 0 Å². The average Bonchev–Trinajstić information content (AvgIpc) is 2.73. The highest BCUT2D eigenvalue weighted by molar-refractivity contribution is 7.68. The first-order chi connectivity index (χ1) is 14.3. The second kappa shape index (κ2) is 6.79. The Morgan fingerprint density at radius 3 is 2.10 bits per heavy atom. The van der Waals surface area contributed by atoms with Crippen molar-refractivity contribution in [2.24, 2.45) is 0 Å².